The van der Waals surface area contributed by atoms with Crippen molar-refractivity contribution in [3.8, 4) is 6.07 Å². The molecule has 9 nitrogen and oxygen atoms in total. The molecule has 0 aliphatic heterocycles. The first-order chi connectivity index (χ1) is 9.23. The summed E-state index contributed by atoms with van der Waals surface area (Å²) in [5.41, 5.74) is 0. The van der Waals surface area contributed by atoms with E-state index in [4.69, 9.17) is 10.4 Å². The van der Waals surface area contributed by atoms with E-state index in [9.17, 15) is 13.9 Å². The molecule has 114 valence electrons. The zero-order valence-electron chi connectivity index (χ0n) is 11.3. The highest BCUT2D eigenvalue weighted by atomic mass is 31.2. The fourth-order valence-electron chi connectivity index (χ4n) is 1.18. The van der Waals surface area contributed by atoms with Crippen LogP contribution in [-0.2, 0) is 32.0 Å². The average Bonchev–Trinajstić information content (AvgIpc) is 2.45. The van der Waals surface area contributed by atoms with Crippen LogP contribution in [0.15, 0.2) is 11.1 Å². The summed E-state index contributed by atoms with van der Waals surface area (Å²) < 4.78 is 42.8. The number of hydrogen-bond donors (Lipinski definition) is 1. The molecule has 1 unspecified atom stereocenters. The average molecular weight is 327 g/mol. The van der Waals surface area contributed by atoms with Gasteiger partial charge in [0.05, 0.1) is 11.4 Å². The predicted molar refractivity (Wildman–Crippen MR) is 68.1 cm³/mol. The van der Waals surface area contributed by atoms with Gasteiger partial charge in [0, 0.05) is 34.3 Å². The SMILES string of the molecule is COP(=O)(/C=C(\C(C#N)C(=O)O)P(=O)(OC)OC)OC. The number of carboxylic acids is 1. The van der Waals surface area contributed by atoms with Crippen LogP contribution in [0, 0.1) is 17.2 Å². The molecule has 0 radical (unpaired) electrons. The minimum Gasteiger partial charge on any atom is -0.480 e. The molecule has 0 aliphatic rings. The van der Waals surface area contributed by atoms with Gasteiger partial charge in [0.2, 0.25) is 0 Å². The summed E-state index contributed by atoms with van der Waals surface area (Å²) in [6.07, 6.45) is 0. The van der Waals surface area contributed by atoms with Crippen LogP contribution in [-0.4, -0.2) is 39.5 Å². The van der Waals surface area contributed by atoms with Crippen molar-refractivity contribution in [1.82, 2.24) is 0 Å². The van der Waals surface area contributed by atoms with E-state index in [-0.39, 0.29) is 0 Å². The summed E-state index contributed by atoms with van der Waals surface area (Å²) in [7, 11) is -3.90. The molecule has 0 bridgehead atoms. The Hall–Kier alpha value is -1.00. The Morgan fingerprint density at radius 1 is 1.15 bits per heavy atom. The molecule has 0 amide bonds. The molecule has 0 spiro atoms. The summed E-state index contributed by atoms with van der Waals surface area (Å²) >= 11 is 0. The van der Waals surface area contributed by atoms with Gasteiger partial charge in [0.25, 0.3) is 0 Å². The van der Waals surface area contributed by atoms with E-state index in [1.54, 1.807) is 0 Å². The Morgan fingerprint density at radius 2 is 1.60 bits per heavy atom. The Kier molecular flexibility index (Phi) is 7.31. The van der Waals surface area contributed by atoms with Gasteiger partial charge >= 0.3 is 21.2 Å². The first-order valence-electron chi connectivity index (χ1n) is 5.02. The van der Waals surface area contributed by atoms with E-state index in [2.05, 4.69) is 18.1 Å². The molecular weight excluding hydrogens is 312 g/mol. The minimum absolute atomic E-state index is 0.621. The van der Waals surface area contributed by atoms with Crippen LogP contribution in [0.3, 0.4) is 0 Å². The predicted octanol–water partition coefficient (Wildman–Crippen LogP) is 2.02. The molecule has 0 aromatic rings. The molecule has 0 aromatic carbocycles. The fourth-order valence-corrected chi connectivity index (χ4v) is 4.06. The molecule has 0 saturated carbocycles. The topological polar surface area (TPSA) is 132 Å². The van der Waals surface area contributed by atoms with Crippen molar-refractivity contribution in [3.63, 3.8) is 0 Å². The van der Waals surface area contributed by atoms with Crippen molar-refractivity contribution in [2.75, 3.05) is 28.4 Å². The lowest BCUT2D eigenvalue weighted by Gasteiger charge is -2.20. The summed E-state index contributed by atoms with van der Waals surface area (Å²) in [5.74, 6) is -2.82. The molecule has 11 heteroatoms. The van der Waals surface area contributed by atoms with Crippen molar-refractivity contribution in [3.05, 3.63) is 11.1 Å². The third kappa shape index (κ3) is 4.25. The molecule has 0 aromatic heterocycles. The number of rotatable bonds is 8. The van der Waals surface area contributed by atoms with Gasteiger partial charge in [-0.3, -0.25) is 13.9 Å². The van der Waals surface area contributed by atoms with Crippen molar-refractivity contribution < 1.29 is 37.1 Å². The van der Waals surface area contributed by atoms with Gasteiger partial charge < -0.3 is 23.2 Å². The second-order valence-corrected chi connectivity index (χ2v) is 7.53. The molecule has 0 heterocycles. The van der Waals surface area contributed by atoms with Gasteiger partial charge in [-0.05, 0) is 0 Å². The maximum Gasteiger partial charge on any atom is 0.359 e. The molecule has 20 heavy (non-hydrogen) atoms. The molecule has 0 rings (SSSR count). The number of nitriles is 1. The van der Waals surface area contributed by atoms with E-state index < -0.39 is 32.4 Å². The van der Waals surface area contributed by atoms with Gasteiger partial charge in [-0.2, -0.15) is 5.26 Å². The van der Waals surface area contributed by atoms with E-state index in [0.29, 0.717) is 5.82 Å². The smallest absolute Gasteiger partial charge is 0.359 e. The maximum atomic E-state index is 12.3. The Morgan fingerprint density at radius 3 is 1.85 bits per heavy atom. The van der Waals surface area contributed by atoms with E-state index in [1.807, 2.05) is 0 Å². The van der Waals surface area contributed by atoms with Crippen molar-refractivity contribution in [2.24, 2.45) is 5.92 Å². The van der Waals surface area contributed by atoms with Crippen molar-refractivity contribution >= 4 is 21.2 Å². The first kappa shape index (κ1) is 19.0. The zero-order valence-corrected chi connectivity index (χ0v) is 13.1. The van der Waals surface area contributed by atoms with E-state index in [1.165, 1.54) is 6.07 Å². The highest BCUT2D eigenvalue weighted by molar-refractivity contribution is 7.62. The lowest BCUT2D eigenvalue weighted by atomic mass is 10.2. The van der Waals surface area contributed by atoms with Crippen LogP contribution in [0.1, 0.15) is 0 Å². The number of carbonyl (C=O) groups is 1. The second-order valence-electron chi connectivity index (χ2n) is 3.22. The zero-order chi connectivity index (χ0) is 16.0. The van der Waals surface area contributed by atoms with E-state index >= 15 is 0 Å². The Labute approximate surface area is 116 Å². The third-order valence-electron chi connectivity index (χ3n) is 2.27. The van der Waals surface area contributed by atoms with Gasteiger partial charge in [0.1, 0.15) is 0 Å². The highest BCUT2D eigenvalue weighted by Gasteiger charge is 2.40. The lowest BCUT2D eigenvalue weighted by Crippen LogP contribution is -2.16. The second kappa shape index (κ2) is 7.70. The molecule has 1 atom stereocenters. The van der Waals surface area contributed by atoms with Crippen LogP contribution in [0.25, 0.3) is 0 Å². The number of carboxylic acid groups (broad SMARTS) is 1. The van der Waals surface area contributed by atoms with Crippen LogP contribution in [0.5, 0.6) is 0 Å². The number of nitrogens with zero attached hydrogens (tertiary/aromatic N) is 1. The first-order valence-corrected chi connectivity index (χ1v) is 8.17. The number of hydrogen-bond acceptors (Lipinski definition) is 8. The van der Waals surface area contributed by atoms with Gasteiger partial charge in [-0.15, -0.1) is 0 Å². The normalized spacial score (nSPS) is 14.7. The van der Waals surface area contributed by atoms with Crippen LogP contribution in [0.2, 0.25) is 0 Å². The summed E-state index contributed by atoms with van der Waals surface area (Å²) in [6, 6.07) is 1.41. The van der Waals surface area contributed by atoms with Gasteiger partial charge in [-0.25, -0.2) is 0 Å². The van der Waals surface area contributed by atoms with Crippen molar-refractivity contribution in [2.45, 2.75) is 0 Å². The quantitative estimate of drug-likeness (QED) is 0.665. The molecular formula is C9H15NO8P2. The van der Waals surface area contributed by atoms with Crippen molar-refractivity contribution in [1.29, 1.82) is 5.26 Å². The summed E-state index contributed by atoms with van der Waals surface area (Å²) in [4.78, 5) is 11.0. The van der Waals surface area contributed by atoms with Gasteiger partial charge in [0.15, 0.2) is 5.92 Å². The Bertz CT molecular complexity index is 507. The fraction of sp³-hybridized carbons (Fsp3) is 0.556. The maximum absolute atomic E-state index is 12.3. The van der Waals surface area contributed by atoms with Crippen LogP contribution in [0.4, 0.5) is 0 Å². The monoisotopic (exact) mass is 327 g/mol. The highest BCUT2D eigenvalue weighted by Crippen LogP contribution is 2.62. The molecule has 0 saturated heterocycles. The largest absolute Gasteiger partial charge is 0.480 e. The van der Waals surface area contributed by atoms with Crippen LogP contribution < -0.4 is 0 Å². The minimum atomic E-state index is -4.12. The molecule has 0 aliphatic carbocycles. The third-order valence-corrected chi connectivity index (χ3v) is 6.07. The number of aliphatic carboxylic acids is 1. The van der Waals surface area contributed by atoms with Gasteiger partial charge in [-0.1, -0.05) is 0 Å². The summed E-state index contributed by atoms with van der Waals surface area (Å²) in [6.45, 7) is 0. The lowest BCUT2D eigenvalue weighted by molar-refractivity contribution is -0.138. The molecule has 0 fully saturated rings. The standard InChI is InChI=1S/C9H15NO8P2/c1-15-19(13,16-2)6-8(7(5-10)9(11)12)20(14,17-3)18-4/h6-7H,1-4H3,(H,11,12)/b8-6+. The van der Waals surface area contributed by atoms with E-state index in [0.717, 1.165) is 28.4 Å². The molecule has 1 N–H and O–H groups in total. The van der Waals surface area contributed by atoms with Crippen LogP contribution >= 0.6 is 15.2 Å². The summed E-state index contributed by atoms with van der Waals surface area (Å²) in [5, 5.41) is 17.2. The Balaban J connectivity index is 6.18.